The number of aryl methyl sites for hydroxylation is 1. The summed E-state index contributed by atoms with van der Waals surface area (Å²) in [5, 5.41) is 8.28. The minimum Gasteiger partial charge on any atom is -0.399 e. The zero-order valence-corrected chi connectivity index (χ0v) is 14.3. The first-order chi connectivity index (χ1) is 11.6. The van der Waals surface area contributed by atoms with Crippen LogP contribution in [-0.2, 0) is 11.2 Å². The van der Waals surface area contributed by atoms with Gasteiger partial charge in [0.05, 0.1) is 11.1 Å². The number of hydrogen-bond donors (Lipinski definition) is 2. The van der Waals surface area contributed by atoms with Crippen molar-refractivity contribution < 1.29 is 4.79 Å². The first kappa shape index (κ1) is 19.1. The fourth-order valence-corrected chi connectivity index (χ4v) is 2.30. The summed E-state index contributed by atoms with van der Waals surface area (Å²) in [4.78, 5) is 19.7. The first-order valence-corrected chi connectivity index (χ1v) is 7.75. The Bertz CT molecular complexity index is 857. The van der Waals surface area contributed by atoms with E-state index >= 15 is 0 Å². The molecule has 0 bridgehead atoms. The standard InChI is InChI=1S/C16H15N3O.C2H6.CH2O/c1-10-6-7-11(8-14(10)17)9-15-12-4-2-3-5-13(12)16(20)19-18-15;2*1-2/h2-8H,9,17H2,1H3,(H,19,20);1-2H3;1H2. The Hall–Kier alpha value is -2.95. The lowest BCUT2D eigenvalue weighted by Gasteiger charge is -2.07. The molecule has 0 atom stereocenters. The summed E-state index contributed by atoms with van der Waals surface area (Å²) >= 11 is 0. The van der Waals surface area contributed by atoms with Crippen LogP contribution in [0.15, 0.2) is 47.3 Å². The Morgan fingerprint density at radius 3 is 2.33 bits per heavy atom. The van der Waals surface area contributed by atoms with Crippen LogP contribution < -0.4 is 11.3 Å². The maximum atomic E-state index is 11.7. The number of carbonyl (C=O) groups is 1. The molecule has 126 valence electrons. The minimum atomic E-state index is -0.159. The van der Waals surface area contributed by atoms with E-state index in [4.69, 9.17) is 10.5 Å². The van der Waals surface area contributed by atoms with E-state index < -0.39 is 0 Å². The molecular weight excluding hydrogens is 302 g/mol. The lowest BCUT2D eigenvalue weighted by atomic mass is 10.0. The summed E-state index contributed by atoms with van der Waals surface area (Å²) in [6.45, 7) is 7.98. The summed E-state index contributed by atoms with van der Waals surface area (Å²) < 4.78 is 0. The number of hydrogen-bond acceptors (Lipinski definition) is 4. The molecule has 0 aliphatic carbocycles. The number of nitrogens with one attached hydrogen (secondary N) is 1. The fraction of sp³-hybridized carbons (Fsp3) is 0.211. The quantitative estimate of drug-likeness (QED) is 0.708. The number of nitrogen functional groups attached to an aromatic ring is 1. The molecule has 0 aliphatic rings. The molecule has 3 N–H and O–H groups in total. The van der Waals surface area contributed by atoms with Gasteiger partial charge in [0.2, 0.25) is 0 Å². The van der Waals surface area contributed by atoms with Crippen molar-refractivity contribution >= 4 is 23.2 Å². The largest absolute Gasteiger partial charge is 0.399 e. The van der Waals surface area contributed by atoms with E-state index in [0.717, 1.165) is 27.9 Å². The van der Waals surface area contributed by atoms with Gasteiger partial charge >= 0.3 is 0 Å². The van der Waals surface area contributed by atoms with Gasteiger partial charge < -0.3 is 10.5 Å². The van der Waals surface area contributed by atoms with E-state index in [1.54, 1.807) is 0 Å². The summed E-state index contributed by atoms with van der Waals surface area (Å²) in [6, 6.07) is 13.5. The van der Waals surface area contributed by atoms with Crippen molar-refractivity contribution in [3.63, 3.8) is 0 Å². The third kappa shape index (κ3) is 4.29. The third-order valence-corrected chi connectivity index (χ3v) is 3.49. The van der Waals surface area contributed by atoms with Gasteiger partial charge in [0.15, 0.2) is 0 Å². The van der Waals surface area contributed by atoms with E-state index in [0.29, 0.717) is 11.8 Å². The molecule has 2 aromatic carbocycles. The molecular formula is C19H23N3O2. The number of rotatable bonds is 2. The third-order valence-electron chi connectivity index (χ3n) is 3.49. The van der Waals surface area contributed by atoms with Gasteiger partial charge in [-0.2, -0.15) is 5.10 Å². The van der Waals surface area contributed by atoms with Crippen LogP contribution in [0.5, 0.6) is 0 Å². The van der Waals surface area contributed by atoms with Gasteiger partial charge in [-0.1, -0.05) is 44.2 Å². The Morgan fingerprint density at radius 2 is 1.71 bits per heavy atom. The monoisotopic (exact) mass is 325 g/mol. The first-order valence-electron chi connectivity index (χ1n) is 7.75. The number of nitrogens with zero attached hydrogens (tertiary/aromatic N) is 1. The van der Waals surface area contributed by atoms with E-state index in [-0.39, 0.29) is 5.56 Å². The van der Waals surface area contributed by atoms with Crippen molar-refractivity contribution in [1.29, 1.82) is 0 Å². The van der Waals surface area contributed by atoms with Gasteiger partial charge in [-0.05, 0) is 30.2 Å². The molecule has 1 aromatic heterocycles. The average Bonchev–Trinajstić information content (AvgIpc) is 2.64. The summed E-state index contributed by atoms with van der Waals surface area (Å²) in [5.41, 5.74) is 9.54. The zero-order chi connectivity index (χ0) is 18.1. The molecule has 3 aromatic rings. The highest BCUT2D eigenvalue weighted by Crippen LogP contribution is 2.19. The number of aromatic amines is 1. The molecule has 5 heteroatoms. The molecule has 3 rings (SSSR count). The topological polar surface area (TPSA) is 88.8 Å². The maximum Gasteiger partial charge on any atom is 0.272 e. The predicted octanol–water partition coefficient (Wildman–Crippen LogP) is 3.25. The fourth-order valence-electron chi connectivity index (χ4n) is 2.30. The van der Waals surface area contributed by atoms with Gasteiger partial charge in [0.25, 0.3) is 5.56 Å². The summed E-state index contributed by atoms with van der Waals surface area (Å²) in [6.07, 6.45) is 0.641. The van der Waals surface area contributed by atoms with Gasteiger partial charge in [0.1, 0.15) is 6.79 Å². The Morgan fingerprint density at radius 1 is 1.08 bits per heavy atom. The summed E-state index contributed by atoms with van der Waals surface area (Å²) in [5.74, 6) is 0. The van der Waals surface area contributed by atoms with Crippen molar-refractivity contribution in [2.45, 2.75) is 27.2 Å². The Labute approximate surface area is 141 Å². The molecule has 0 radical (unpaired) electrons. The predicted molar refractivity (Wildman–Crippen MR) is 99.2 cm³/mol. The molecule has 0 saturated heterocycles. The smallest absolute Gasteiger partial charge is 0.272 e. The number of anilines is 1. The second-order valence-electron chi connectivity index (χ2n) is 4.91. The molecule has 1 heterocycles. The molecule has 5 nitrogen and oxygen atoms in total. The van der Waals surface area contributed by atoms with E-state index in [1.807, 2.05) is 70.0 Å². The van der Waals surface area contributed by atoms with Gasteiger partial charge in [0, 0.05) is 17.5 Å². The SMILES string of the molecule is C=O.CC.Cc1ccc(Cc2n[nH]c(=O)c3ccccc23)cc1N. The Kier molecular flexibility index (Phi) is 7.36. The second-order valence-corrected chi connectivity index (χ2v) is 4.91. The highest BCUT2D eigenvalue weighted by Gasteiger charge is 2.07. The number of carbonyl (C=O) groups excluding carboxylic acids is 1. The van der Waals surface area contributed by atoms with Gasteiger partial charge in [-0.15, -0.1) is 0 Å². The average molecular weight is 325 g/mol. The maximum absolute atomic E-state index is 11.7. The lowest BCUT2D eigenvalue weighted by Crippen LogP contribution is -2.11. The van der Waals surface area contributed by atoms with Crippen LogP contribution in [0.4, 0.5) is 5.69 Å². The van der Waals surface area contributed by atoms with Crippen LogP contribution in [0.1, 0.15) is 30.7 Å². The molecule has 24 heavy (non-hydrogen) atoms. The second kappa shape index (κ2) is 9.25. The van der Waals surface area contributed by atoms with Crippen molar-refractivity contribution in [2.24, 2.45) is 0 Å². The van der Waals surface area contributed by atoms with Crippen molar-refractivity contribution in [3.8, 4) is 0 Å². The van der Waals surface area contributed by atoms with Crippen LogP contribution in [0.3, 0.4) is 0 Å². The molecule has 0 unspecified atom stereocenters. The highest BCUT2D eigenvalue weighted by molar-refractivity contribution is 5.83. The molecule has 0 fully saturated rings. The zero-order valence-electron chi connectivity index (χ0n) is 14.3. The number of nitrogens with two attached hydrogens (primary N) is 1. The van der Waals surface area contributed by atoms with Crippen molar-refractivity contribution in [2.75, 3.05) is 5.73 Å². The van der Waals surface area contributed by atoms with Crippen LogP contribution in [0.25, 0.3) is 10.8 Å². The van der Waals surface area contributed by atoms with Crippen molar-refractivity contribution in [1.82, 2.24) is 10.2 Å². The molecule has 0 amide bonds. The van der Waals surface area contributed by atoms with Gasteiger partial charge in [-0.3, -0.25) is 4.79 Å². The normalized spacial score (nSPS) is 9.46. The summed E-state index contributed by atoms with van der Waals surface area (Å²) in [7, 11) is 0. The lowest BCUT2D eigenvalue weighted by molar-refractivity contribution is -0.0979. The molecule has 0 saturated carbocycles. The van der Waals surface area contributed by atoms with Crippen LogP contribution in [0.2, 0.25) is 0 Å². The van der Waals surface area contributed by atoms with Crippen LogP contribution in [-0.4, -0.2) is 17.0 Å². The van der Waals surface area contributed by atoms with E-state index in [9.17, 15) is 4.79 Å². The van der Waals surface area contributed by atoms with Crippen molar-refractivity contribution in [3.05, 3.63) is 69.6 Å². The van der Waals surface area contributed by atoms with E-state index in [2.05, 4.69) is 10.2 Å². The van der Waals surface area contributed by atoms with Crippen LogP contribution in [0, 0.1) is 6.92 Å². The van der Waals surface area contributed by atoms with Crippen LogP contribution >= 0.6 is 0 Å². The number of fused-ring (bicyclic) bond motifs is 1. The van der Waals surface area contributed by atoms with Gasteiger partial charge in [-0.25, -0.2) is 5.10 Å². The van der Waals surface area contributed by atoms with E-state index in [1.165, 1.54) is 0 Å². The highest BCUT2D eigenvalue weighted by atomic mass is 16.1. The Balaban J connectivity index is 0.000000671. The number of aromatic nitrogens is 2. The number of benzene rings is 2. The molecule has 0 aliphatic heterocycles. The molecule has 0 spiro atoms. The number of H-pyrrole nitrogens is 1. The minimum absolute atomic E-state index is 0.159.